The Labute approximate surface area is 135 Å². The van der Waals surface area contributed by atoms with Gasteiger partial charge in [0.05, 0.1) is 23.9 Å². The molecule has 1 heterocycles. The maximum atomic E-state index is 12.1. The fraction of sp³-hybridized carbons (Fsp3) is 0.438. The average Bonchev–Trinajstić information content (AvgIpc) is 2.52. The third-order valence-corrected chi connectivity index (χ3v) is 3.04. The van der Waals surface area contributed by atoms with E-state index >= 15 is 0 Å². The topological polar surface area (TPSA) is 93.7 Å². The van der Waals surface area contributed by atoms with Gasteiger partial charge in [-0.25, -0.2) is 14.4 Å². The number of urea groups is 1. The van der Waals surface area contributed by atoms with Gasteiger partial charge in [-0.2, -0.15) is 0 Å². The summed E-state index contributed by atoms with van der Waals surface area (Å²) in [5.41, 5.74) is 0.519. The van der Waals surface area contributed by atoms with E-state index in [9.17, 15) is 14.4 Å². The molecule has 2 amide bonds. The lowest BCUT2D eigenvalue weighted by atomic mass is 10.0. The summed E-state index contributed by atoms with van der Waals surface area (Å²) in [4.78, 5) is 35.3. The van der Waals surface area contributed by atoms with Crippen molar-refractivity contribution in [2.24, 2.45) is 0 Å². The highest BCUT2D eigenvalue weighted by Crippen LogP contribution is 2.17. The molecular weight excluding hydrogens is 300 g/mol. The molecule has 0 spiro atoms. The Kier molecular flexibility index (Phi) is 7.59. The van der Waals surface area contributed by atoms with Gasteiger partial charge in [0.1, 0.15) is 6.61 Å². The molecule has 0 aromatic heterocycles. The molecule has 23 heavy (non-hydrogen) atoms. The van der Waals surface area contributed by atoms with Crippen molar-refractivity contribution in [3.63, 3.8) is 0 Å². The number of nitrogens with one attached hydrogen (secondary N) is 2. The molecule has 126 valence electrons. The van der Waals surface area contributed by atoms with Crippen LogP contribution in [0.4, 0.5) is 4.79 Å². The van der Waals surface area contributed by atoms with E-state index in [0.29, 0.717) is 6.42 Å². The van der Waals surface area contributed by atoms with Crippen LogP contribution in [0.15, 0.2) is 35.6 Å². The molecule has 0 aromatic carbocycles. The predicted molar refractivity (Wildman–Crippen MR) is 84.3 cm³/mol. The number of allylic oxidation sites excluding steroid dienone is 3. The summed E-state index contributed by atoms with van der Waals surface area (Å²) < 4.78 is 10.1. The van der Waals surface area contributed by atoms with Crippen LogP contribution in [0.3, 0.4) is 0 Å². The number of ether oxygens (including phenoxy) is 2. The number of esters is 2. The van der Waals surface area contributed by atoms with Gasteiger partial charge in [0, 0.05) is 6.08 Å². The zero-order valence-corrected chi connectivity index (χ0v) is 13.5. The number of rotatable bonds is 7. The van der Waals surface area contributed by atoms with Crippen molar-refractivity contribution in [2.75, 3.05) is 13.2 Å². The first-order valence-electron chi connectivity index (χ1n) is 7.47. The summed E-state index contributed by atoms with van der Waals surface area (Å²) in [5, 5.41) is 5.15. The quantitative estimate of drug-likeness (QED) is 0.421. The van der Waals surface area contributed by atoms with Gasteiger partial charge in [-0.1, -0.05) is 25.2 Å². The normalized spacial score (nSPS) is 18.0. The Balaban J connectivity index is 2.92. The van der Waals surface area contributed by atoms with E-state index in [1.165, 1.54) is 6.08 Å². The first kappa shape index (κ1) is 18.5. The third-order valence-electron chi connectivity index (χ3n) is 3.04. The number of carbonyl (C=O) groups is 3. The van der Waals surface area contributed by atoms with Crippen LogP contribution in [0.2, 0.25) is 0 Å². The van der Waals surface area contributed by atoms with Crippen LogP contribution in [0, 0.1) is 0 Å². The number of amides is 2. The van der Waals surface area contributed by atoms with Crippen molar-refractivity contribution in [3.05, 3.63) is 35.6 Å². The van der Waals surface area contributed by atoms with Gasteiger partial charge in [0.25, 0.3) is 0 Å². The summed E-state index contributed by atoms with van der Waals surface area (Å²) in [7, 11) is 0. The second-order valence-corrected chi connectivity index (χ2v) is 4.66. The summed E-state index contributed by atoms with van der Waals surface area (Å²) in [6, 6.07) is -0.921. The van der Waals surface area contributed by atoms with Crippen molar-refractivity contribution < 1.29 is 23.9 Å². The van der Waals surface area contributed by atoms with E-state index in [0.717, 1.165) is 0 Å². The lowest BCUT2D eigenvalue weighted by molar-refractivity contribution is -0.140. The van der Waals surface area contributed by atoms with E-state index in [1.807, 2.05) is 13.8 Å². The first-order chi connectivity index (χ1) is 11.0. The van der Waals surface area contributed by atoms with Crippen LogP contribution in [0.1, 0.15) is 27.2 Å². The summed E-state index contributed by atoms with van der Waals surface area (Å²) >= 11 is 0. The van der Waals surface area contributed by atoms with E-state index < -0.39 is 24.0 Å². The number of hydrogen-bond acceptors (Lipinski definition) is 5. The predicted octanol–water partition coefficient (Wildman–Crippen LogP) is 1.57. The zero-order valence-electron chi connectivity index (χ0n) is 13.5. The van der Waals surface area contributed by atoms with Gasteiger partial charge >= 0.3 is 18.0 Å². The lowest BCUT2D eigenvalue weighted by Crippen LogP contribution is -2.51. The molecule has 1 rings (SSSR count). The molecular formula is C16H22N2O5. The minimum absolute atomic E-state index is 0.211. The van der Waals surface area contributed by atoms with Gasteiger partial charge < -0.3 is 20.1 Å². The van der Waals surface area contributed by atoms with Gasteiger partial charge in [0.2, 0.25) is 0 Å². The first-order valence-corrected chi connectivity index (χ1v) is 7.47. The molecule has 0 aliphatic carbocycles. The molecule has 0 radical (unpaired) electrons. The molecule has 2 N–H and O–H groups in total. The second kappa shape index (κ2) is 9.45. The lowest BCUT2D eigenvalue weighted by Gasteiger charge is -2.28. The van der Waals surface area contributed by atoms with Crippen LogP contribution >= 0.6 is 0 Å². The smallest absolute Gasteiger partial charge is 0.338 e. The Bertz CT molecular complexity index is 549. The van der Waals surface area contributed by atoms with Crippen molar-refractivity contribution in [1.29, 1.82) is 0 Å². The molecule has 7 nitrogen and oxygen atoms in total. The van der Waals surface area contributed by atoms with Gasteiger partial charge in [-0.05, 0) is 20.3 Å². The highest BCUT2D eigenvalue weighted by Gasteiger charge is 2.31. The Hall–Kier alpha value is -2.57. The highest BCUT2D eigenvalue weighted by atomic mass is 16.5. The van der Waals surface area contributed by atoms with Gasteiger partial charge in [0.15, 0.2) is 0 Å². The van der Waals surface area contributed by atoms with Crippen molar-refractivity contribution >= 4 is 18.0 Å². The van der Waals surface area contributed by atoms with E-state index in [-0.39, 0.29) is 24.5 Å². The van der Waals surface area contributed by atoms with Crippen LogP contribution in [0.25, 0.3) is 0 Å². The molecule has 1 atom stereocenters. The molecule has 0 unspecified atom stereocenters. The van der Waals surface area contributed by atoms with Crippen molar-refractivity contribution in [2.45, 2.75) is 33.2 Å². The molecule has 0 bridgehead atoms. The molecule has 0 saturated carbocycles. The number of hydrogen-bond donors (Lipinski definition) is 2. The van der Waals surface area contributed by atoms with Crippen LogP contribution in [-0.2, 0) is 19.1 Å². The van der Waals surface area contributed by atoms with Gasteiger partial charge in [-0.15, -0.1) is 0 Å². The molecule has 1 aliphatic rings. The van der Waals surface area contributed by atoms with Crippen LogP contribution < -0.4 is 10.6 Å². The minimum atomic E-state index is -0.570. The summed E-state index contributed by atoms with van der Waals surface area (Å²) in [5.74, 6) is -1.11. The highest BCUT2D eigenvalue weighted by molar-refractivity contribution is 5.95. The Morgan fingerprint density at radius 3 is 2.57 bits per heavy atom. The summed E-state index contributed by atoms with van der Waals surface area (Å²) in [6.07, 6.45) is 6.76. The minimum Gasteiger partial charge on any atom is -0.463 e. The fourth-order valence-corrected chi connectivity index (χ4v) is 2.01. The molecule has 0 aromatic rings. The Morgan fingerprint density at radius 2 is 1.96 bits per heavy atom. The molecule has 0 fully saturated rings. The Morgan fingerprint density at radius 1 is 1.22 bits per heavy atom. The number of carbonyl (C=O) groups excluding carboxylic acids is 3. The fourth-order valence-electron chi connectivity index (χ4n) is 2.01. The van der Waals surface area contributed by atoms with Crippen molar-refractivity contribution in [1.82, 2.24) is 10.6 Å². The monoisotopic (exact) mass is 322 g/mol. The maximum Gasteiger partial charge on any atom is 0.338 e. The van der Waals surface area contributed by atoms with E-state index in [2.05, 4.69) is 10.6 Å². The molecule has 7 heteroatoms. The van der Waals surface area contributed by atoms with E-state index in [4.69, 9.17) is 9.47 Å². The molecule has 1 aliphatic heterocycles. The maximum absolute atomic E-state index is 12.1. The average molecular weight is 322 g/mol. The van der Waals surface area contributed by atoms with E-state index in [1.54, 1.807) is 25.2 Å². The third kappa shape index (κ3) is 5.61. The van der Waals surface area contributed by atoms with Crippen molar-refractivity contribution in [3.8, 4) is 0 Å². The summed E-state index contributed by atoms with van der Waals surface area (Å²) in [6.45, 7) is 5.35. The second-order valence-electron chi connectivity index (χ2n) is 4.66. The SMILES string of the molecule is C/C=C/C=C/C(=O)OCC1=C(C(=O)OCC)[C@H](CC)NC(=O)N1. The largest absolute Gasteiger partial charge is 0.463 e. The molecule has 0 saturated heterocycles. The van der Waals surface area contributed by atoms with Crippen LogP contribution in [0.5, 0.6) is 0 Å². The zero-order chi connectivity index (χ0) is 17.2. The standard InChI is InChI=1S/C16H22N2O5/c1-4-7-8-9-13(19)23-10-12-14(15(20)22-6-3)11(5-2)17-16(21)18-12/h4,7-9,11H,5-6,10H2,1-3H3,(H2,17,18,21)/b7-4+,9-8+/t11-/m0/s1. The van der Waals surface area contributed by atoms with Gasteiger partial charge in [-0.3, -0.25) is 0 Å². The van der Waals surface area contributed by atoms with Crippen LogP contribution in [-0.4, -0.2) is 37.2 Å².